The number of para-hydroxylation sites is 1. The molecule has 1 heterocycles. The zero-order valence-electron chi connectivity index (χ0n) is 16.0. The Kier molecular flexibility index (Phi) is 8.09. The number of hydrogen-bond donors (Lipinski definition) is 2. The lowest BCUT2D eigenvalue weighted by Gasteiger charge is -2.12. The van der Waals surface area contributed by atoms with E-state index in [0.717, 1.165) is 6.07 Å². The third-order valence-corrected chi connectivity index (χ3v) is 3.86. The van der Waals surface area contributed by atoms with Gasteiger partial charge in [-0.3, -0.25) is 0 Å². The quantitative estimate of drug-likeness (QED) is 0.506. The summed E-state index contributed by atoms with van der Waals surface area (Å²) in [6.07, 6.45) is -4.95. The summed E-state index contributed by atoms with van der Waals surface area (Å²) in [5, 5.41) is 17.1. The summed E-state index contributed by atoms with van der Waals surface area (Å²) < 4.78 is 48.0. The number of aliphatic carboxylic acids is 1. The summed E-state index contributed by atoms with van der Waals surface area (Å²) in [6.45, 7) is 1.37. The van der Waals surface area contributed by atoms with Crippen LogP contribution < -0.4 is 9.47 Å². The molecule has 10 heteroatoms. The number of benzene rings is 2. The number of aromatic nitrogens is 1. The lowest BCUT2D eigenvalue weighted by atomic mass is 10.3. The molecule has 1 atom stereocenters. The van der Waals surface area contributed by atoms with Crippen LogP contribution in [0.25, 0.3) is 0 Å². The Labute approximate surface area is 180 Å². The van der Waals surface area contributed by atoms with E-state index in [1.165, 1.54) is 31.2 Å². The first-order valence-corrected chi connectivity index (χ1v) is 9.08. The lowest BCUT2D eigenvalue weighted by molar-refractivity contribution is -0.144. The number of phenols is 1. The largest absolute Gasteiger partial charge is 0.508 e. The second kappa shape index (κ2) is 10.5. The van der Waals surface area contributed by atoms with Gasteiger partial charge in [0.2, 0.25) is 5.88 Å². The molecule has 0 saturated heterocycles. The molecule has 1 unspecified atom stereocenters. The Bertz CT molecular complexity index is 998. The molecular weight excluding hydrogens is 439 g/mol. The van der Waals surface area contributed by atoms with Crippen LogP contribution in [0, 0.1) is 0 Å². The molecule has 1 aromatic heterocycles. The molecule has 6 nitrogen and oxygen atoms in total. The first-order valence-electron chi connectivity index (χ1n) is 8.70. The zero-order valence-corrected chi connectivity index (χ0v) is 16.8. The first-order chi connectivity index (χ1) is 14.6. The van der Waals surface area contributed by atoms with E-state index in [1.807, 2.05) is 6.07 Å². The minimum atomic E-state index is -4.55. The standard InChI is InChI=1S/C15H11ClF3NO4.C6H6O/c1-8(14(21)22)23-10-2-4-11(5-3-10)24-13-12(16)6-9(7-20-13)15(17,18)19;7-6-4-2-1-3-5-6/h2-8H,1H3,(H,21,22);1-5,7H. The highest BCUT2D eigenvalue weighted by molar-refractivity contribution is 6.31. The summed E-state index contributed by atoms with van der Waals surface area (Å²) in [6, 6.07) is 15.2. The third-order valence-electron chi connectivity index (χ3n) is 3.59. The van der Waals surface area contributed by atoms with E-state index >= 15 is 0 Å². The van der Waals surface area contributed by atoms with Gasteiger partial charge in [0, 0.05) is 6.20 Å². The number of carbonyl (C=O) groups is 1. The Morgan fingerprint density at radius 1 is 1.06 bits per heavy atom. The predicted octanol–water partition coefficient (Wildman–Crippen LogP) is 5.79. The van der Waals surface area contributed by atoms with Gasteiger partial charge in [-0.05, 0) is 49.4 Å². The van der Waals surface area contributed by atoms with Crippen LogP contribution in [0.15, 0.2) is 66.9 Å². The summed E-state index contributed by atoms with van der Waals surface area (Å²) in [4.78, 5) is 14.2. The summed E-state index contributed by atoms with van der Waals surface area (Å²) in [7, 11) is 0. The molecule has 2 N–H and O–H groups in total. The molecule has 0 aliphatic rings. The van der Waals surface area contributed by atoms with Crippen LogP contribution in [-0.2, 0) is 11.0 Å². The number of carboxylic acids is 1. The maximum Gasteiger partial charge on any atom is 0.417 e. The van der Waals surface area contributed by atoms with Gasteiger partial charge in [0.15, 0.2) is 6.10 Å². The van der Waals surface area contributed by atoms with Gasteiger partial charge in [0.1, 0.15) is 22.3 Å². The normalized spacial score (nSPS) is 11.6. The molecule has 31 heavy (non-hydrogen) atoms. The molecule has 0 saturated carbocycles. The number of ether oxygens (including phenoxy) is 2. The molecule has 0 radical (unpaired) electrons. The topological polar surface area (TPSA) is 88.9 Å². The summed E-state index contributed by atoms with van der Waals surface area (Å²) >= 11 is 5.74. The number of rotatable bonds is 5. The van der Waals surface area contributed by atoms with Crippen LogP contribution in [0.1, 0.15) is 12.5 Å². The van der Waals surface area contributed by atoms with Gasteiger partial charge in [0.25, 0.3) is 0 Å². The van der Waals surface area contributed by atoms with Crippen molar-refractivity contribution in [2.75, 3.05) is 0 Å². The molecule has 164 valence electrons. The number of alkyl halides is 3. The number of hydrogen-bond acceptors (Lipinski definition) is 5. The number of aromatic hydroxyl groups is 1. The second-order valence-electron chi connectivity index (χ2n) is 6.02. The van der Waals surface area contributed by atoms with Crippen molar-refractivity contribution in [2.45, 2.75) is 19.2 Å². The number of pyridine rings is 1. The number of carboxylic acid groups (broad SMARTS) is 1. The van der Waals surface area contributed by atoms with Crippen molar-refractivity contribution < 1.29 is 37.7 Å². The maximum absolute atomic E-state index is 12.5. The Balaban J connectivity index is 0.000000412. The van der Waals surface area contributed by atoms with Gasteiger partial charge in [-0.1, -0.05) is 29.8 Å². The fourth-order valence-corrected chi connectivity index (χ4v) is 2.24. The Morgan fingerprint density at radius 3 is 2.10 bits per heavy atom. The van der Waals surface area contributed by atoms with E-state index in [1.54, 1.807) is 24.3 Å². The monoisotopic (exact) mass is 455 g/mol. The molecule has 0 aliphatic heterocycles. The van der Waals surface area contributed by atoms with Crippen molar-refractivity contribution in [3.63, 3.8) is 0 Å². The smallest absolute Gasteiger partial charge is 0.417 e. The van der Waals surface area contributed by atoms with Crippen LogP contribution in [0.3, 0.4) is 0 Å². The zero-order chi connectivity index (χ0) is 23.0. The van der Waals surface area contributed by atoms with E-state index in [-0.39, 0.29) is 16.7 Å². The molecular formula is C21H17ClF3NO5. The molecule has 2 aromatic carbocycles. The predicted molar refractivity (Wildman–Crippen MR) is 107 cm³/mol. The molecule has 0 aliphatic carbocycles. The number of halogens is 4. The average Bonchev–Trinajstić information content (AvgIpc) is 2.71. The van der Waals surface area contributed by atoms with Crippen molar-refractivity contribution in [2.24, 2.45) is 0 Å². The second-order valence-corrected chi connectivity index (χ2v) is 6.42. The van der Waals surface area contributed by atoms with Gasteiger partial charge >= 0.3 is 12.1 Å². The van der Waals surface area contributed by atoms with Gasteiger partial charge in [-0.25, -0.2) is 9.78 Å². The van der Waals surface area contributed by atoms with E-state index in [4.69, 9.17) is 31.3 Å². The number of phenolic OH excluding ortho intramolecular Hbond substituents is 1. The minimum Gasteiger partial charge on any atom is -0.508 e. The minimum absolute atomic E-state index is 0.183. The highest BCUT2D eigenvalue weighted by atomic mass is 35.5. The van der Waals surface area contributed by atoms with Crippen molar-refractivity contribution in [3.8, 4) is 23.1 Å². The summed E-state index contributed by atoms with van der Waals surface area (Å²) in [5.41, 5.74) is -0.980. The molecule has 3 aromatic rings. The Hall–Kier alpha value is -3.46. The lowest BCUT2D eigenvalue weighted by Crippen LogP contribution is -2.22. The van der Waals surface area contributed by atoms with Crippen molar-refractivity contribution in [3.05, 3.63) is 77.4 Å². The summed E-state index contributed by atoms with van der Waals surface area (Å²) in [5.74, 6) is -0.431. The van der Waals surface area contributed by atoms with Gasteiger partial charge < -0.3 is 19.7 Å². The molecule has 0 amide bonds. The van der Waals surface area contributed by atoms with Crippen molar-refractivity contribution in [1.29, 1.82) is 0 Å². The van der Waals surface area contributed by atoms with Crippen LogP contribution in [0.2, 0.25) is 5.02 Å². The molecule has 0 bridgehead atoms. The van der Waals surface area contributed by atoms with Gasteiger partial charge in [-0.2, -0.15) is 13.2 Å². The van der Waals surface area contributed by atoms with E-state index in [2.05, 4.69) is 4.98 Å². The fourth-order valence-electron chi connectivity index (χ4n) is 2.04. The third kappa shape index (κ3) is 7.71. The maximum atomic E-state index is 12.5. The van der Waals surface area contributed by atoms with Crippen LogP contribution in [0.5, 0.6) is 23.1 Å². The van der Waals surface area contributed by atoms with Crippen LogP contribution >= 0.6 is 11.6 Å². The van der Waals surface area contributed by atoms with Crippen LogP contribution in [0.4, 0.5) is 13.2 Å². The van der Waals surface area contributed by atoms with Gasteiger partial charge in [0.05, 0.1) is 5.56 Å². The number of nitrogens with zero attached hydrogens (tertiary/aromatic N) is 1. The molecule has 3 rings (SSSR count). The van der Waals surface area contributed by atoms with E-state index in [9.17, 15) is 18.0 Å². The Morgan fingerprint density at radius 2 is 1.65 bits per heavy atom. The van der Waals surface area contributed by atoms with Crippen LogP contribution in [-0.4, -0.2) is 27.3 Å². The highest BCUT2D eigenvalue weighted by Gasteiger charge is 2.31. The van der Waals surface area contributed by atoms with E-state index in [0.29, 0.717) is 17.7 Å². The van der Waals surface area contributed by atoms with Crippen molar-refractivity contribution in [1.82, 2.24) is 4.98 Å². The van der Waals surface area contributed by atoms with Gasteiger partial charge in [-0.15, -0.1) is 0 Å². The SMILES string of the molecule is CC(Oc1ccc(Oc2ncc(C(F)(F)F)cc2Cl)cc1)C(=O)O.Oc1ccccc1. The average molecular weight is 456 g/mol. The fraction of sp³-hybridized carbons (Fsp3) is 0.143. The van der Waals surface area contributed by atoms with E-state index < -0.39 is 23.8 Å². The highest BCUT2D eigenvalue weighted by Crippen LogP contribution is 2.34. The molecule has 0 fully saturated rings. The van der Waals surface area contributed by atoms with Crippen molar-refractivity contribution >= 4 is 17.6 Å². The molecule has 0 spiro atoms. The first kappa shape index (κ1) is 23.8.